The summed E-state index contributed by atoms with van der Waals surface area (Å²) in [6.45, 7) is 4.01. The topological polar surface area (TPSA) is 49.4 Å². The number of hydrogen-bond donors (Lipinski definition) is 1. The van der Waals surface area contributed by atoms with E-state index in [4.69, 9.17) is 0 Å². The van der Waals surface area contributed by atoms with E-state index in [9.17, 15) is 9.59 Å². The van der Waals surface area contributed by atoms with Gasteiger partial charge in [0.05, 0.1) is 17.3 Å². The van der Waals surface area contributed by atoms with Crippen LogP contribution in [0.15, 0.2) is 36.4 Å². The Morgan fingerprint density at radius 1 is 1.44 bits per heavy atom. The van der Waals surface area contributed by atoms with E-state index in [2.05, 4.69) is 5.32 Å². The van der Waals surface area contributed by atoms with Gasteiger partial charge in [0.1, 0.15) is 0 Å². The van der Waals surface area contributed by atoms with E-state index in [0.717, 1.165) is 5.69 Å². The number of fused-ring (bicyclic) bond motifs is 1. The summed E-state index contributed by atoms with van der Waals surface area (Å²) >= 11 is 0. The van der Waals surface area contributed by atoms with Crippen LogP contribution in [0, 0.1) is 5.92 Å². The van der Waals surface area contributed by atoms with Crippen molar-refractivity contribution in [3.63, 3.8) is 0 Å². The van der Waals surface area contributed by atoms with Crippen LogP contribution in [-0.2, 0) is 9.59 Å². The number of benzene rings is 1. The molecule has 1 aliphatic heterocycles. The zero-order valence-electron chi connectivity index (χ0n) is 10.5. The number of para-hydroxylation sites is 2. The first kappa shape index (κ1) is 12.4. The summed E-state index contributed by atoms with van der Waals surface area (Å²) in [6, 6.07) is 7.35. The highest BCUT2D eigenvalue weighted by atomic mass is 16.2. The number of allylic oxidation sites excluding steroid dienone is 1. The van der Waals surface area contributed by atoms with Crippen LogP contribution >= 0.6 is 0 Å². The number of amides is 2. The highest BCUT2D eigenvalue weighted by Gasteiger charge is 2.27. The van der Waals surface area contributed by atoms with Gasteiger partial charge in [0.15, 0.2) is 0 Å². The van der Waals surface area contributed by atoms with Crippen LogP contribution in [0.4, 0.5) is 11.4 Å². The summed E-state index contributed by atoms with van der Waals surface area (Å²) in [4.78, 5) is 25.5. The molecular formula is C14H16N2O2. The second-order valence-corrected chi connectivity index (χ2v) is 4.36. The Morgan fingerprint density at radius 3 is 2.89 bits per heavy atom. The molecule has 0 saturated carbocycles. The average molecular weight is 244 g/mol. The molecule has 1 N–H and O–H groups in total. The van der Waals surface area contributed by atoms with Gasteiger partial charge in [0, 0.05) is 6.54 Å². The molecule has 0 unspecified atom stereocenters. The molecule has 0 saturated heterocycles. The number of hydrogen-bond acceptors (Lipinski definition) is 2. The van der Waals surface area contributed by atoms with Gasteiger partial charge in [-0.05, 0) is 25.1 Å². The average Bonchev–Trinajstić information content (AvgIpc) is 2.48. The smallest absolute Gasteiger partial charge is 0.250 e. The molecule has 4 heteroatoms. The lowest BCUT2D eigenvalue weighted by atomic mass is 10.1. The van der Waals surface area contributed by atoms with Gasteiger partial charge in [-0.15, -0.1) is 0 Å². The summed E-state index contributed by atoms with van der Waals surface area (Å²) in [5.74, 6) is -0.391. The quantitative estimate of drug-likeness (QED) is 0.770. The van der Waals surface area contributed by atoms with E-state index in [1.54, 1.807) is 24.0 Å². The maximum absolute atomic E-state index is 12.1. The van der Waals surface area contributed by atoms with Crippen LogP contribution in [0.1, 0.15) is 13.8 Å². The summed E-state index contributed by atoms with van der Waals surface area (Å²) in [7, 11) is 0. The van der Waals surface area contributed by atoms with Crippen molar-refractivity contribution in [3.05, 3.63) is 36.4 Å². The van der Waals surface area contributed by atoms with Crippen molar-refractivity contribution in [1.82, 2.24) is 0 Å². The highest BCUT2D eigenvalue weighted by Crippen LogP contribution is 2.29. The van der Waals surface area contributed by atoms with E-state index < -0.39 is 0 Å². The van der Waals surface area contributed by atoms with Crippen LogP contribution in [0.5, 0.6) is 0 Å². The molecule has 1 aromatic rings. The molecule has 0 radical (unpaired) electrons. The van der Waals surface area contributed by atoms with E-state index in [0.29, 0.717) is 12.2 Å². The van der Waals surface area contributed by atoms with Crippen LogP contribution < -0.4 is 10.2 Å². The van der Waals surface area contributed by atoms with E-state index in [-0.39, 0.29) is 17.7 Å². The minimum atomic E-state index is -0.230. The monoisotopic (exact) mass is 244 g/mol. The molecule has 0 bridgehead atoms. The molecule has 0 aromatic heterocycles. The Hall–Kier alpha value is -2.10. The maximum Gasteiger partial charge on any atom is 0.250 e. The summed E-state index contributed by atoms with van der Waals surface area (Å²) < 4.78 is 0. The SMILES string of the molecule is C/C=C\C(=O)N1C[C@@H](C)C(=O)Nc2ccccc21. The molecule has 2 amide bonds. The second kappa shape index (κ2) is 5.04. The molecule has 18 heavy (non-hydrogen) atoms. The fourth-order valence-electron chi connectivity index (χ4n) is 1.97. The Bertz CT molecular complexity index is 508. The lowest BCUT2D eigenvalue weighted by molar-refractivity contribution is -0.119. The van der Waals surface area contributed by atoms with Gasteiger partial charge >= 0.3 is 0 Å². The van der Waals surface area contributed by atoms with Crippen molar-refractivity contribution in [2.24, 2.45) is 5.92 Å². The minimum Gasteiger partial charge on any atom is -0.324 e. The van der Waals surface area contributed by atoms with Gasteiger partial charge in [-0.3, -0.25) is 9.59 Å². The van der Waals surface area contributed by atoms with Crippen LogP contribution in [-0.4, -0.2) is 18.4 Å². The van der Waals surface area contributed by atoms with Crippen molar-refractivity contribution >= 4 is 23.2 Å². The van der Waals surface area contributed by atoms with Crippen LogP contribution in [0.3, 0.4) is 0 Å². The largest absolute Gasteiger partial charge is 0.324 e. The molecule has 94 valence electrons. The Kier molecular flexibility index (Phi) is 3.46. The number of rotatable bonds is 1. The zero-order chi connectivity index (χ0) is 13.1. The Morgan fingerprint density at radius 2 is 2.17 bits per heavy atom. The predicted molar refractivity (Wildman–Crippen MR) is 71.4 cm³/mol. The molecule has 0 spiro atoms. The number of nitrogens with one attached hydrogen (secondary N) is 1. The zero-order valence-corrected chi connectivity index (χ0v) is 10.5. The molecule has 4 nitrogen and oxygen atoms in total. The van der Waals surface area contributed by atoms with Gasteiger partial charge in [0.2, 0.25) is 5.91 Å². The lowest BCUT2D eigenvalue weighted by Gasteiger charge is -2.21. The first-order valence-electron chi connectivity index (χ1n) is 5.97. The molecule has 1 atom stereocenters. The number of carbonyl (C=O) groups is 2. The third-order valence-electron chi connectivity index (χ3n) is 2.93. The summed E-state index contributed by atoms with van der Waals surface area (Å²) in [5, 5.41) is 2.84. The second-order valence-electron chi connectivity index (χ2n) is 4.36. The van der Waals surface area contributed by atoms with Crippen molar-refractivity contribution in [2.75, 3.05) is 16.8 Å². The fraction of sp³-hybridized carbons (Fsp3) is 0.286. The van der Waals surface area contributed by atoms with Crippen LogP contribution in [0.25, 0.3) is 0 Å². The molecule has 1 aromatic carbocycles. The van der Waals surface area contributed by atoms with Gasteiger partial charge in [-0.2, -0.15) is 0 Å². The summed E-state index contributed by atoms with van der Waals surface area (Å²) in [6.07, 6.45) is 3.22. The van der Waals surface area contributed by atoms with E-state index >= 15 is 0 Å². The van der Waals surface area contributed by atoms with E-state index in [1.807, 2.05) is 25.1 Å². The third kappa shape index (κ3) is 2.27. The summed E-state index contributed by atoms with van der Waals surface area (Å²) in [5.41, 5.74) is 1.43. The Labute approximate surface area is 106 Å². The van der Waals surface area contributed by atoms with Crippen LogP contribution in [0.2, 0.25) is 0 Å². The molecule has 2 rings (SSSR count). The number of nitrogens with zero attached hydrogens (tertiary/aromatic N) is 1. The fourth-order valence-corrected chi connectivity index (χ4v) is 1.97. The number of carbonyl (C=O) groups excluding carboxylic acids is 2. The van der Waals surface area contributed by atoms with Gasteiger partial charge < -0.3 is 10.2 Å². The molecule has 1 heterocycles. The first-order chi connectivity index (χ1) is 8.63. The predicted octanol–water partition coefficient (Wildman–Crippen LogP) is 2.18. The normalized spacial score (nSPS) is 19.3. The van der Waals surface area contributed by atoms with Crippen molar-refractivity contribution < 1.29 is 9.59 Å². The third-order valence-corrected chi connectivity index (χ3v) is 2.93. The first-order valence-corrected chi connectivity index (χ1v) is 5.97. The minimum absolute atomic E-state index is 0.0572. The maximum atomic E-state index is 12.1. The highest BCUT2D eigenvalue weighted by molar-refractivity contribution is 6.08. The van der Waals surface area contributed by atoms with Gasteiger partial charge in [-0.1, -0.05) is 25.1 Å². The molecule has 1 aliphatic rings. The van der Waals surface area contributed by atoms with Crippen molar-refractivity contribution in [1.29, 1.82) is 0 Å². The lowest BCUT2D eigenvalue weighted by Crippen LogP contribution is -2.34. The number of anilines is 2. The standard InChI is InChI=1S/C14H16N2O2/c1-3-6-13(17)16-9-10(2)14(18)15-11-7-4-5-8-12(11)16/h3-8,10H,9H2,1-2H3,(H,15,18)/b6-3-/t10-/m1/s1. The molecular weight excluding hydrogens is 228 g/mol. The van der Waals surface area contributed by atoms with E-state index in [1.165, 1.54) is 6.08 Å². The van der Waals surface area contributed by atoms with Gasteiger partial charge in [-0.25, -0.2) is 0 Å². The molecule has 0 aliphatic carbocycles. The van der Waals surface area contributed by atoms with Gasteiger partial charge in [0.25, 0.3) is 5.91 Å². The van der Waals surface area contributed by atoms with Crippen molar-refractivity contribution in [2.45, 2.75) is 13.8 Å². The van der Waals surface area contributed by atoms with Crippen molar-refractivity contribution in [3.8, 4) is 0 Å². The molecule has 0 fully saturated rings. The Balaban J connectivity index is 2.45.